The molecule has 1 heterocycles. The van der Waals surface area contributed by atoms with Crippen molar-refractivity contribution in [3.05, 3.63) is 143 Å². The fraction of sp³-hybridized carbons (Fsp3) is 0.0882. The molecule has 1 aliphatic rings. The molecule has 0 saturated carbocycles. The van der Waals surface area contributed by atoms with Crippen molar-refractivity contribution in [1.82, 2.24) is 0 Å². The Bertz CT molecular complexity index is 1600. The van der Waals surface area contributed by atoms with E-state index in [4.69, 9.17) is 4.74 Å². The van der Waals surface area contributed by atoms with Gasteiger partial charge in [0.1, 0.15) is 6.61 Å². The predicted octanol–water partition coefficient (Wildman–Crippen LogP) is 8.68. The molecule has 1 aliphatic heterocycles. The number of Topliss-reactive ketones (excluding diaryl/α,β-unsaturated/α-hetero) is 1. The summed E-state index contributed by atoms with van der Waals surface area (Å²) in [6, 6.07) is 37.6. The zero-order chi connectivity index (χ0) is 25.4. The Balaban J connectivity index is 1.36. The second kappa shape index (κ2) is 9.44. The van der Waals surface area contributed by atoms with Gasteiger partial charge >= 0.3 is 0 Å². The normalized spacial score (nSPS) is 13.9. The number of hydrogen-bond donors (Lipinski definition) is 0. The fourth-order valence-corrected chi connectivity index (χ4v) is 4.80. The first-order valence-electron chi connectivity index (χ1n) is 12.5. The van der Waals surface area contributed by atoms with Crippen LogP contribution in [0.1, 0.15) is 32.6 Å². The third-order valence-electron chi connectivity index (χ3n) is 6.86. The molecule has 180 valence electrons. The van der Waals surface area contributed by atoms with Crippen LogP contribution >= 0.6 is 0 Å². The molecule has 0 fully saturated rings. The Labute approximate surface area is 217 Å². The SMILES string of the molecule is Cc1ccc(N(c2ccc(C)cc2)c2ccc3cc(C=C4OCc5ccccc5C4=O)ccc3c2)cc1. The van der Waals surface area contributed by atoms with Gasteiger partial charge in [0.05, 0.1) is 0 Å². The van der Waals surface area contributed by atoms with Crippen LogP contribution in [0.15, 0.2) is 115 Å². The van der Waals surface area contributed by atoms with Gasteiger partial charge in [0.2, 0.25) is 5.78 Å². The number of hydrogen-bond acceptors (Lipinski definition) is 3. The number of rotatable bonds is 4. The first-order valence-corrected chi connectivity index (χ1v) is 12.5. The molecular formula is C34H27NO2. The van der Waals surface area contributed by atoms with Gasteiger partial charge in [-0.1, -0.05) is 77.9 Å². The van der Waals surface area contributed by atoms with E-state index in [-0.39, 0.29) is 5.78 Å². The quantitative estimate of drug-likeness (QED) is 0.241. The third kappa shape index (κ3) is 4.52. The van der Waals surface area contributed by atoms with E-state index in [0.29, 0.717) is 12.4 Å². The number of carbonyl (C=O) groups is 1. The van der Waals surface area contributed by atoms with E-state index in [9.17, 15) is 4.79 Å². The second-order valence-corrected chi connectivity index (χ2v) is 9.58. The van der Waals surface area contributed by atoms with Crippen LogP contribution in [0.5, 0.6) is 0 Å². The maximum Gasteiger partial charge on any atom is 0.227 e. The molecule has 37 heavy (non-hydrogen) atoms. The number of nitrogens with zero attached hydrogens (tertiary/aromatic N) is 1. The Morgan fingerprint density at radius 2 is 1.27 bits per heavy atom. The summed E-state index contributed by atoms with van der Waals surface area (Å²) in [5.41, 5.74) is 8.38. The van der Waals surface area contributed by atoms with Gasteiger partial charge in [-0.15, -0.1) is 0 Å². The smallest absolute Gasteiger partial charge is 0.227 e. The minimum Gasteiger partial charge on any atom is -0.485 e. The monoisotopic (exact) mass is 481 g/mol. The van der Waals surface area contributed by atoms with Crippen LogP contribution in [0, 0.1) is 13.8 Å². The summed E-state index contributed by atoms with van der Waals surface area (Å²) < 4.78 is 5.80. The van der Waals surface area contributed by atoms with Crippen molar-refractivity contribution >= 4 is 39.7 Å². The molecule has 0 N–H and O–H groups in total. The minimum atomic E-state index is -0.0656. The highest BCUT2D eigenvalue weighted by molar-refractivity contribution is 6.11. The predicted molar refractivity (Wildman–Crippen MR) is 152 cm³/mol. The van der Waals surface area contributed by atoms with Crippen LogP contribution in [0.3, 0.4) is 0 Å². The molecule has 5 aromatic carbocycles. The summed E-state index contributed by atoms with van der Waals surface area (Å²) in [4.78, 5) is 15.2. The van der Waals surface area contributed by atoms with Gasteiger partial charge in [0, 0.05) is 28.2 Å². The number of fused-ring (bicyclic) bond motifs is 2. The molecule has 5 aromatic rings. The number of aryl methyl sites for hydroxylation is 2. The lowest BCUT2D eigenvalue weighted by Gasteiger charge is -2.26. The zero-order valence-corrected chi connectivity index (χ0v) is 20.9. The summed E-state index contributed by atoms with van der Waals surface area (Å²) in [6.45, 7) is 4.62. The lowest BCUT2D eigenvalue weighted by atomic mass is 9.99. The first-order chi connectivity index (χ1) is 18.0. The van der Waals surface area contributed by atoms with Crippen LogP contribution in [0.2, 0.25) is 0 Å². The molecule has 0 unspecified atom stereocenters. The Hall–Kier alpha value is -4.63. The van der Waals surface area contributed by atoms with Crippen molar-refractivity contribution in [2.75, 3.05) is 4.90 Å². The summed E-state index contributed by atoms with van der Waals surface area (Å²) in [6.07, 6.45) is 1.84. The summed E-state index contributed by atoms with van der Waals surface area (Å²) in [7, 11) is 0. The maximum atomic E-state index is 12.9. The molecule has 0 aliphatic carbocycles. The number of carbonyl (C=O) groups excluding carboxylic acids is 1. The van der Waals surface area contributed by atoms with E-state index >= 15 is 0 Å². The average molecular weight is 482 g/mol. The molecule has 6 rings (SSSR count). The van der Waals surface area contributed by atoms with Crippen molar-refractivity contribution in [3.63, 3.8) is 0 Å². The van der Waals surface area contributed by atoms with E-state index in [1.807, 2.05) is 36.4 Å². The van der Waals surface area contributed by atoms with Crippen molar-refractivity contribution in [3.8, 4) is 0 Å². The van der Waals surface area contributed by atoms with Gasteiger partial charge in [-0.05, 0) is 78.7 Å². The number of ether oxygens (including phenoxy) is 1. The molecule has 0 amide bonds. The van der Waals surface area contributed by atoms with E-state index in [1.165, 1.54) is 11.1 Å². The lowest BCUT2D eigenvalue weighted by Crippen LogP contribution is -2.16. The van der Waals surface area contributed by atoms with Crippen molar-refractivity contribution in [1.29, 1.82) is 0 Å². The largest absolute Gasteiger partial charge is 0.485 e. The minimum absolute atomic E-state index is 0.0656. The van der Waals surface area contributed by atoms with Crippen LogP contribution < -0.4 is 4.90 Å². The van der Waals surface area contributed by atoms with E-state index in [2.05, 4.69) is 97.6 Å². The summed E-state index contributed by atoms with van der Waals surface area (Å²) in [5.74, 6) is 0.323. The van der Waals surface area contributed by atoms with E-state index < -0.39 is 0 Å². The molecule has 0 aromatic heterocycles. The molecule has 0 bridgehead atoms. The number of allylic oxidation sites excluding steroid dienone is 1. The number of ketones is 1. The number of anilines is 3. The van der Waals surface area contributed by atoms with Gasteiger partial charge in [-0.2, -0.15) is 0 Å². The van der Waals surface area contributed by atoms with E-state index in [1.54, 1.807) is 0 Å². The van der Waals surface area contributed by atoms with Crippen LogP contribution in [-0.4, -0.2) is 5.78 Å². The van der Waals surface area contributed by atoms with Crippen molar-refractivity contribution in [2.45, 2.75) is 20.5 Å². The van der Waals surface area contributed by atoms with Crippen LogP contribution in [0.4, 0.5) is 17.1 Å². The molecule has 3 nitrogen and oxygen atoms in total. The molecule has 0 saturated heterocycles. The van der Waals surface area contributed by atoms with E-state index in [0.717, 1.165) is 44.5 Å². The molecule has 0 radical (unpaired) electrons. The third-order valence-corrected chi connectivity index (χ3v) is 6.86. The van der Waals surface area contributed by atoms with Crippen LogP contribution in [-0.2, 0) is 11.3 Å². The van der Waals surface area contributed by atoms with Gasteiger partial charge in [-0.25, -0.2) is 0 Å². The Morgan fingerprint density at radius 3 is 1.97 bits per heavy atom. The van der Waals surface area contributed by atoms with Crippen molar-refractivity contribution < 1.29 is 9.53 Å². The van der Waals surface area contributed by atoms with Crippen molar-refractivity contribution in [2.24, 2.45) is 0 Å². The Kier molecular flexibility index (Phi) is 5.82. The Morgan fingerprint density at radius 1 is 0.676 bits per heavy atom. The molecule has 3 heteroatoms. The van der Waals surface area contributed by atoms with Gasteiger partial charge in [0.15, 0.2) is 5.76 Å². The topological polar surface area (TPSA) is 29.5 Å². The molecule has 0 atom stereocenters. The summed E-state index contributed by atoms with van der Waals surface area (Å²) >= 11 is 0. The standard InChI is InChI=1S/C34H27NO2/c1-23-7-14-29(15-8-23)35(30-16-9-24(2)10-17-30)31-18-13-26-19-25(11-12-27(26)21-31)20-33-34(36)32-6-4-3-5-28(32)22-37-33/h3-21H,22H2,1-2H3. The van der Waals surface area contributed by atoms with Gasteiger partial charge in [-0.3, -0.25) is 4.79 Å². The average Bonchev–Trinajstić information content (AvgIpc) is 2.93. The first kappa shape index (κ1) is 22.8. The fourth-order valence-electron chi connectivity index (χ4n) is 4.80. The second-order valence-electron chi connectivity index (χ2n) is 9.58. The van der Waals surface area contributed by atoms with Crippen LogP contribution in [0.25, 0.3) is 16.8 Å². The summed E-state index contributed by atoms with van der Waals surface area (Å²) in [5, 5.41) is 2.24. The zero-order valence-electron chi connectivity index (χ0n) is 20.9. The lowest BCUT2D eigenvalue weighted by molar-refractivity contribution is 0.0871. The number of benzene rings is 5. The highest BCUT2D eigenvalue weighted by Crippen LogP contribution is 2.36. The highest BCUT2D eigenvalue weighted by Gasteiger charge is 2.22. The highest BCUT2D eigenvalue weighted by atomic mass is 16.5. The molecular weight excluding hydrogens is 454 g/mol. The van der Waals surface area contributed by atoms with Gasteiger partial charge < -0.3 is 9.64 Å². The maximum absolute atomic E-state index is 12.9. The molecule has 0 spiro atoms. The van der Waals surface area contributed by atoms with Gasteiger partial charge in [0.25, 0.3) is 0 Å².